The van der Waals surface area contributed by atoms with Gasteiger partial charge in [0.05, 0.1) is 0 Å². The fraction of sp³-hybridized carbons (Fsp3) is 0.0244. The number of thiophene rings is 1. The van der Waals surface area contributed by atoms with Crippen LogP contribution < -0.4 is 0 Å². The van der Waals surface area contributed by atoms with E-state index in [1.54, 1.807) is 0 Å². The zero-order valence-electron chi connectivity index (χ0n) is 23.2. The molecule has 0 atom stereocenters. The number of fused-ring (bicyclic) bond motifs is 3. The van der Waals surface area contributed by atoms with Gasteiger partial charge in [-0.2, -0.15) is 0 Å². The number of aryl methyl sites for hydroxylation is 1. The molecule has 42 heavy (non-hydrogen) atoms. The molecule has 0 fully saturated rings. The molecule has 0 amide bonds. The van der Waals surface area contributed by atoms with Gasteiger partial charge in [0, 0.05) is 20.2 Å². The van der Waals surface area contributed by atoms with Gasteiger partial charge in [-0.3, -0.25) is 0 Å². The molecule has 9 rings (SSSR count). The normalized spacial score (nSPS) is 11.9. The maximum Gasteiger partial charge on any atom is 0.0433 e. The lowest BCUT2D eigenvalue weighted by Crippen LogP contribution is -1.92. The van der Waals surface area contributed by atoms with E-state index in [1.165, 1.54) is 91.4 Å². The minimum atomic E-state index is 1.25. The van der Waals surface area contributed by atoms with Crippen molar-refractivity contribution in [2.45, 2.75) is 6.92 Å². The first-order chi connectivity index (χ1) is 20.7. The number of hydrogen-bond donors (Lipinski definition) is 0. The second-order valence-corrected chi connectivity index (χ2v) is 12.4. The summed E-state index contributed by atoms with van der Waals surface area (Å²) >= 11 is 1.89. The van der Waals surface area contributed by atoms with E-state index in [-0.39, 0.29) is 0 Å². The quantitative estimate of drug-likeness (QED) is 0.192. The molecule has 0 unspecified atom stereocenters. The van der Waals surface area contributed by atoms with Crippen molar-refractivity contribution in [2.24, 2.45) is 0 Å². The van der Waals surface area contributed by atoms with Crippen molar-refractivity contribution < 1.29 is 0 Å². The van der Waals surface area contributed by atoms with Gasteiger partial charge in [0.25, 0.3) is 0 Å². The van der Waals surface area contributed by atoms with Gasteiger partial charge in [0.15, 0.2) is 0 Å². The summed E-state index contributed by atoms with van der Waals surface area (Å²) < 4.78 is 2.70. The van der Waals surface area contributed by atoms with Gasteiger partial charge in [-0.05, 0) is 90.3 Å². The summed E-state index contributed by atoms with van der Waals surface area (Å²) in [4.78, 5) is 0. The van der Waals surface area contributed by atoms with Crippen molar-refractivity contribution >= 4 is 63.8 Å². The first-order valence-corrected chi connectivity index (χ1v) is 15.3. The van der Waals surface area contributed by atoms with Crippen LogP contribution in [0.25, 0.3) is 85.9 Å². The Kier molecular flexibility index (Phi) is 5.08. The molecule has 0 nitrogen and oxygen atoms in total. The fourth-order valence-electron chi connectivity index (χ4n) is 6.97. The monoisotopic (exact) mass is 550 g/mol. The average Bonchev–Trinajstić information content (AvgIpc) is 3.43. The van der Waals surface area contributed by atoms with Crippen LogP contribution in [0, 0.1) is 6.92 Å². The van der Waals surface area contributed by atoms with Crippen molar-refractivity contribution in [2.75, 3.05) is 0 Å². The smallest absolute Gasteiger partial charge is 0.0433 e. The predicted octanol–water partition coefficient (Wildman–Crippen LogP) is 12.3. The highest BCUT2D eigenvalue weighted by Gasteiger charge is 2.18. The summed E-state index contributed by atoms with van der Waals surface area (Å²) in [6.07, 6.45) is 0. The lowest BCUT2D eigenvalue weighted by Gasteiger charge is -2.19. The fourth-order valence-corrected chi connectivity index (χ4v) is 8.21. The first kappa shape index (κ1) is 23.7. The van der Waals surface area contributed by atoms with Gasteiger partial charge in [-0.1, -0.05) is 127 Å². The highest BCUT2D eigenvalue weighted by Crippen LogP contribution is 2.45. The lowest BCUT2D eigenvalue weighted by atomic mass is 9.84. The summed E-state index contributed by atoms with van der Waals surface area (Å²) in [7, 11) is 0. The van der Waals surface area contributed by atoms with Crippen LogP contribution in [0.15, 0.2) is 140 Å². The summed E-state index contributed by atoms with van der Waals surface area (Å²) in [5.74, 6) is 0. The van der Waals surface area contributed by atoms with Crippen LogP contribution in [0.1, 0.15) is 5.56 Å². The van der Waals surface area contributed by atoms with E-state index in [0.29, 0.717) is 0 Å². The summed E-state index contributed by atoms with van der Waals surface area (Å²) in [5.41, 5.74) is 8.98. The molecule has 0 saturated carbocycles. The molecule has 9 aromatic rings. The van der Waals surface area contributed by atoms with E-state index in [2.05, 4.69) is 146 Å². The molecular formula is C41H26S. The first-order valence-electron chi connectivity index (χ1n) is 14.5. The molecule has 0 radical (unpaired) electrons. The minimum absolute atomic E-state index is 1.25. The van der Waals surface area contributed by atoms with Gasteiger partial charge in [0.1, 0.15) is 0 Å². The molecule has 0 saturated heterocycles. The van der Waals surface area contributed by atoms with E-state index < -0.39 is 0 Å². The van der Waals surface area contributed by atoms with Crippen molar-refractivity contribution in [1.29, 1.82) is 0 Å². The van der Waals surface area contributed by atoms with Crippen molar-refractivity contribution in [3.8, 4) is 33.4 Å². The summed E-state index contributed by atoms with van der Waals surface area (Å²) in [5, 5.41) is 10.6. The van der Waals surface area contributed by atoms with Gasteiger partial charge < -0.3 is 0 Å². The van der Waals surface area contributed by atoms with E-state index in [9.17, 15) is 0 Å². The van der Waals surface area contributed by atoms with Crippen LogP contribution in [0.5, 0.6) is 0 Å². The zero-order chi connectivity index (χ0) is 27.8. The minimum Gasteiger partial charge on any atom is -0.135 e. The van der Waals surface area contributed by atoms with Crippen molar-refractivity contribution in [1.82, 2.24) is 0 Å². The molecule has 0 N–H and O–H groups in total. The summed E-state index contributed by atoms with van der Waals surface area (Å²) in [6.45, 7) is 2.22. The average molecular weight is 551 g/mol. The zero-order valence-corrected chi connectivity index (χ0v) is 24.0. The molecule has 0 aliphatic carbocycles. The Morgan fingerprint density at radius 1 is 0.405 bits per heavy atom. The van der Waals surface area contributed by atoms with Crippen LogP contribution in [0.2, 0.25) is 0 Å². The van der Waals surface area contributed by atoms with E-state index in [4.69, 9.17) is 0 Å². The number of rotatable bonds is 3. The van der Waals surface area contributed by atoms with E-state index >= 15 is 0 Å². The largest absolute Gasteiger partial charge is 0.135 e. The predicted molar refractivity (Wildman–Crippen MR) is 184 cm³/mol. The van der Waals surface area contributed by atoms with Crippen molar-refractivity contribution in [3.63, 3.8) is 0 Å². The van der Waals surface area contributed by atoms with Gasteiger partial charge in [-0.15, -0.1) is 11.3 Å². The molecule has 0 aliphatic rings. The lowest BCUT2D eigenvalue weighted by molar-refractivity contribution is 1.47. The Morgan fingerprint density at radius 3 is 1.81 bits per heavy atom. The van der Waals surface area contributed by atoms with Crippen molar-refractivity contribution in [3.05, 3.63) is 145 Å². The third-order valence-electron chi connectivity index (χ3n) is 8.99. The van der Waals surface area contributed by atoms with Crippen LogP contribution >= 0.6 is 11.3 Å². The topological polar surface area (TPSA) is 0 Å². The third-order valence-corrected chi connectivity index (χ3v) is 10.2. The molecule has 0 bridgehead atoms. The van der Waals surface area contributed by atoms with Gasteiger partial charge >= 0.3 is 0 Å². The third kappa shape index (κ3) is 3.41. The maximum absolute atomic E-state index is 2.42. The Morgan fingerprint density at radius 2 is 1.02 bits per heavy atom. The molecule has 196 valence electrons. The molecule has 1 aromatic heterocycles. The van der Waals surface area contributed by atoms with Crippen LogP contribution in [0.4, 0.5) is 0 Å². The molecule has 1 heteroatoms. The molecular weight excluding hydrogens is 525 g/mol. The Balaban J connectivity index is 1.29. The SMILES string of the molecule is Cc1ccccc1-c1cc(-c2ccc(-c3cccc4c3sc3ccccc34)cc2)c2ccc3cccc4ccc1c2c34. The molecule has 1 heterocycles. The van der Waals surface area contributed by atoms with Crippen LogP contribution in [-0.2, 0) is 0 Å². The number of hydrogen-bond acceptors (Lipinski definition) is 1. The maximum atomic E-state index is 2.42. The Bertz CT molecular complexity index is 2440. The van der Waals surface area contributed by atoms with E-state index in [0.717, 1.165) is 0 Å². The molecule has 0 spiro atoms. The highest BCUT2D eigenvalue weighted by molar-refractivity contribution is 7.26. The van der Waals surface area contributed by atoms with E-state index in [1.807, 2.05) is 11.3 Å². The summed E-state index contributed by atoms with van der Waals surface area (Å²) in [6, 6.07) is 51.8. The second-order valence-electron chi connectivity index (χ2n) is 11.3. The second kappa shape index (κ2) is 9.01. The van der Waals surface area contributed by atoms with Crippen LogP contribution in [0.3, 0.4) is 0 Å². The molecule has 0 aliphatic heterocycles. The standard InChI is InChI=1S/C41H26S/c1-25-8-2-3-11-30(25)37-24-36(33-22-20-28-9-6-10-29-21-23-34(37)40(33)39(28)29)27-18-16-26(17-19-27)31-13-7-14-35-32-12-4-5-15-38(32)42-41(31)35/h2-24H,1H3. The molecule has 8 aromatic carbocycles. The number of benzene rings is 8. The highest BCUT2D eigenvalue weighted by atomic mass is 32.1. The van der Waals surface area contributed by atoms with Gasteiger partial charge in [-0.25, -0.2) is 0 Å². The van der Waals surface area contributed by atoms with Gasteiger partial charge in [0.2, 0.25) is 0 Å². The Hall–Kier alpha value is -4.98. The van der Waals surface area contributed by atoms with Crippen LogP contribution in [-0.4, -0.2) is 0 Å². The Labute approximate surface area is 248 Å².